The van der Waals surface area contributed by atoms with Gasteiger partial charge in [0.05, 0.1) is 12.0 Å². The number of hydrogen-bond donors (Lipinski definition) is 1. The molecule has 0 unspecified atom stereocenters. The molecular formula is C19H16ClNO2S. The van der Waals surface area contributed by atoms with E-state index >= 15 is 0 Å². The number of carbonyl (C=O) groups is 1. The average Bonchev–Trinajstić information content (AvgIpc) is 3.11. The van der Waals surface area contributed by atoms with Crippen LogP contribution in [0.4, 0.5) is 5.69 Å². The first-order chi connectivity index (χ1) is 11.7. The highest BCUT2D eigenvalue weighted by Gasteiger charge is 2.06. The summed E-state index contributed by atoms with van der Waals surface area (Å²) >= 11 is 7.61. The Labute approximate surface area is 150 Å². The summed E-state index contributed by atoms with van der Waals surface area (Å²) in [6.07, 6.45) is 1.68. The highest BCUT2D eigenvalue weighted by Crippen LogP contribution is 2.19. The van der Waals surface area contributed by atoms with Crippen molar-refractivity contribution in [1.82, 2.24) is 0 Å². The molecule has 122 valence electrons. The van der Waals surface area contributed by atoms with E-state index in [0.29, 0.717) is 10.6 Å². The van der Waals surface area contributed by atoms with Crippen molar-refractivity contribution in [1.29, 1.82) is 0 Å². The number of benzene rings is 2. The zero-order valence-corrected chi connectivity index (χ0v) is 14.4. The summed E-state index contributed by atoms with van der Waals surface area (Å²) < 4.78 is 5.30. The van der Waals surface area contributed by atoms with Crippen molar-refractivity contribution >= 4 is 35.0 Å². The lowest BCUT2D eigenvalue weighted by Gasteiger charge is -2.06. The van der Waals surface area contributed by atoms with Gasteiger partial charge in [0.2, 0.25) is 0 Å². The van der Waals surface area contributed by atoms with Crippen molar-refractivity contribution in [2.45, 2.75) is 11.5 Å². The summed E-state index contributed by atoms with van der Waals surface area (Å²) in [5.74, 6) is 2.55. The summed E-state index contributed by atoms with van der Waals surface area (Å²) in [7, 11) is 0. The Morgan fingerprint density at radius 1 is 1.00 bits per heavy atom. The highest BCUT2D eigenvalue weighted by atomic mass is 35.5. The van der Waals surface area contributed by atoms with Gasteiger partial charge in [0, 0.05) is 22.0 Å². The second-order valence-corrected chi connectivity index (χ2v) is 6.65. The summed E-state index contributed by atoms with van der Waals surface area (Å²) in [5, 5.41) is 3.49. The van der Waals surface area contributed by atoms with Crippen LogP contribution in [0.3, 0.4) is 0 Å². The van der Waals surface area contributed by atoms with Crippen molar-refractivity contribution in [2.75, 3.05) is 5.32 Å². The molecule has 0 radical (unpaired) electrons. The predicted octanol–water partition coefficient (Wildman–Crippen LogP) is 5.62. The smallest absolute Gasteiger partial charge is 0.255 e. The molecule has 24 heavy (non-hydrogen) atoms. The lowest BCUT2D eigenvalue weighted by atomic mass is 10.1. The number of furan rings is 1. The standard InChI is InChI=1S/C19H16ClNO2S/c20-16-7-9-17(10-8-16)21-19(22)15-5-3-14(4-6-15)12-24-13-18-2-1-11-23-18/h1-11H,12-13H2,(H,21,22). The van der Waals surface area contributed by atoms with Crippen LogP contribution in [-0.2, 0) is 11.5 Å². The highest BCUT2D eigenvalue weighted by molar-refractivity contribution is 7.97. The first-order valence-corrected chi connectivity index (χ1v) is 9.00. The van der Waals surface area contributed by atoms with Crippen LogP contribution < -0.4 is 5.32 Å². The molecule has 0 aliphatic heterocycles. The lowest BCUT2D eigenvalue weighted by molar-refractivity contribution is 0.102. The van der Waals surface area contributed by atoms with Crippen LogP contribution in [0.1, 0.15) is 21.7 Å². The maximum atomic E-state index is 12.2. The van der Waals surface area contributed by atoms with Crippen molar-refractivity contribution < 1.29 is 9.21 Å². The normalized spacial score (nSPS) is 10.5. The van der Waals surface area contributed by atoms with Crippen molar-refractivity contribution in [3.63, 3.8) is 0 Å². The summed E-state index contributed by atoms with van der Waals surface area (Å²) in [6, 6.07) is 18.5. The van der Waals surface area contributed by atoms with Gasteiger partial charge in [0.25, 0.3) is 5.91 Å². The van der Waals surface area contributed by atoms with E-state index < -0.39 is 0 Å². The third-order valence-electron chi connectivity index (χ3n) is 3.41. The molecule has 1 aromatic heterocycles. The first kappa shape index (κ1) is 16.7. The molecule has 2 aromatic carbocycles. The van der Waals surface area contributed by atoms with E-state index in [1.54, 1.807) is 42.3 Å². The van der Waals surface area contributed by atoms with Gasteiger partial charge in [-0.3, -0.25) is 4.79 Å². The largest absolute Gasteiger partial charge is 0.468 e. The molecule has 3 nitrogen and oxygen atoms in total. The van der Waals surface area contributed by atoms with Crippen LogP contribution in [-0.4, -0.2) is 5.91 Å². The van der Waals surface area contributed by atoms with Crippen molar-refractivity contribution in [3.05, 3.63) is 88.8 Å². The fraction of sp³-hybridized carbons (Fsp3) is 0.105. The third kappa shape index (κ3) is 4.66. The van der Waals surface area contributed by atoms with Gasteiger partial charge in [-0.2, -0.15) is 0 Å². The van der Waals surface area contributed by atoms with Crippen LogP contribution in [0.15, 0.2) is 71.3 Å². The second-order valence-electron chi connectivity index (χ2n) is 5.23. The Morgan fingerprint density at radius 3 is 2.42 bits per heavy atom. The molecule has 0 spiro atoms. The Kier molecular flexibility index (Phi) is 5.62. The minimum absolute atomic E-state index is 0.132. The molecule has 0 aliphatic carbocycles. The average molecular weight is 358 g/mol. The first-order valence-electron chi connectivity index (χ1n) is 7.47. The van der Waals surface area contributed by atoms with E-state index in [1.165, 1.54) is 5.56 Å². The third-order valence-corrected chi connectivity index (χ3v) is 4.69. The number of carbonyl (C=O) groups excluding carboxylic acids is 1. The molecule has 3 aromatic rings. The van der Waals surface area contributed by atoms with Gasteiger partial charge in [-0.05, 0) is 54.1 Å². The molecule has 0 bridgehead atoms. The van der Waals surface area contributed by atoms with Gasteiger partial charge < -0.3 is 9.73 Å². The molecule has 0 fully saturated rings. The fourth-order valence-corrected chi connectivity index (χ4v) is 3.17. The van der Waals surface area contributed by atoms with E-state index in [0.717, 1.165) is 23.0 Å². The molecule has 0 saturated heterocycles. The molecular weight excluding hydrogens is 342 g/mol. The fourth-order valence-electron chi connectivity index (χ4n) is 2.15. The number of nitrogens with one attached hydrogen (secondary N) is 1. The zero-order chi connectivity index (χ0) is 16.8. The van der Waals surface area contributed by atoms with Crippen LogP contribution >= 0.6 is 23.4 Å². The van der Waals surface area contributed by atoms with Gasteiger partial charge in [-0.25, -0.2) is 0 Å². The number of anilines is 1. The molecule has 0 aliphatic rings. The van der Waals surface area contributed by atoms with Gasteiger partial charge in [-0.15, -0.1) is 11.8 Å². The Bertz CT molecular complexity index is 783. The monoisotopic (exact) mass is 357 g/mol. The Morgan fingerprint density at radius 2 is 1.75 bits per heavy atom. The minimum Gasteiger partial charge on any atom is -0.468 e. The van der Waals surface area contributed by atoms with Gasteiger partial charge in [0.1, 0.15) is 5.76 Å². The van der Waals surface area contributed by atoms with E-state index in [1.807, 2.05) is 36.4 Å². The van der Waals surface area contributed by atoms with Gasteiger partial charge in [0.15, 0.2) is 0 Å². The van der Waals surface area contributed by atoms with Crippen LogP contribution in [0.5, 0.6) is 0 Å². The van der Waals surface area contributed by atoms with Gasteiger partial charge >= 0.3 is 0 Å². The van der Waals surface area contributed by atoms with E-state index in [2.05, 4.69) is 5.32 Å². The molecule has 5 heteroatoms. The number of halogens is 1. The Hall–Kier alpha value is -2.17. The Balaban J connectivity index is 1.53. The van der Waals surface area contributed by atoms with Gasteiger partial charge in [-0.1, -0.05) is 23.7 Å². The van der Waals surface area contributed by atoms with Crippen molar-refractivity contribution in [2.24, 2.45) is 0 Å². The summed E-state index contributed by atoms with van der Waals surface area (Å²) in [5.41, 5.74) is 2.53. The molecule has 0 saturated carbocycles. The van der Waals surface area contributed by atoms with Crippen LogP contribution in [0, 0.1) is 0 Å². The summed E-state index contributed by atoms with van der Waals surface area (Å²) in [6.45, 7) is 0. The van der Waals surface area contributed by atoms with Crippen molar-refractivity contribution in [3.8, 4) is 0 Å². The number of thioether (sulfide) groups is 1. The molecule has 1 N–H and O–H groups in total. The SMILES string of the molecule is O=C(Nc1ccc(Cl)cc1)c1ccc(CSCc2ccco2)cc1. The number of rotatable bonds is 6. The molecule has 3 rings (SSSR count). The van der Waals surface area contributed by atoms with E-state index in [4.69, 9.17) is 16.0 Å². The summed E-state index contributed by atoms with van der Waals surface area (Å²) in [4.78, 5) is 12.2. The number of hydrogen-bond acceptors (Lipinski definition) is 3. The lowest BCUT2D eigenvalue weighted by Crippen LogP contribution is -2.11. The van der Waals surface area contributed by atoms with E-state index in [9.17, 15) is 4.79 Å². The predicted molar refractivity (Wildman–Crippen MR) is 99.6 cm³/mol. The van der Waals surface area contributed by atoms with Crippen LogP contribution in [0.25, 0.3) is 0 Å². The molecule has 0 atom stereocenters. The quantitative estimate of drug-likeness (QED) is 0.622. The zero-order valence-electron chi connectivity index (χ0n) is 12.9. The van der Waals surface area contributed by atoms with E-state index in [-0.39, 0.29) is 5.91 Å². The number of amides is 1. The van der Waals surface area contributed by atoms with Crippen LogP contribution in [0.2, 0.25) is 5.02 Å². The maximum Gasteiger partial charge on any atom is 0.255 e. The molecule has 1 amide bonds. The second kappa shape index (κ2) is 8.08. The molecule has 1 heterocycles. The minimum atomic E-state index is -0.132. The maximum absolute atomic E-state index is 12.2. The topological polar surface area (TPSA) is 42.2 Å².